The van der Waals surface area contributed by atoms with Gasteiger partial charge in [0.15, 0.2) is 5.82 Å². The number of rotatable bonds is 7. The van der Waals surface area contributed by atoms with Crippen LogP contribution in [0.4, 0.5) is 5.82 Å². The van der Waals surface area contributed by atoms with E-state index in [9.17, 15) is 4.79 Å². The van der Waals surface area contributed by atoms with Gasteiger partial charge in [-0.1, -0.05) is 5.16 Å². The van der Waals surface area contributed by atoms with Crippen LogP contribution >= 0.6 is 0 Å². The van der Waals surface area contributed by atoms with Gasteiger partial charge in [0.05, 0.1) is 12.6 Å². The highest BCUT2D eigenvalue weighted by atomic mass is 16.5. The average molecular weight is 296 g/mol. The van der Waals surface area contributed by atoms with E-state index in [2.05, 4.69) is 15.4 Å². The summed E-state index contributed by atoms with van der Waals surface area (Å²) in [6.07, 6.45) is 3.12. The Hall–Kier alpha value is -1.44. The van der Waals surface area contributed by atoms with Gasteiger partial charge in [0.2, 0.25) is 5.91 Å². The standard InChI is InChI=1S/C14H24N4O3/c1-11-9-13(17-21-11)16-14(19)10-18-6-3-12(4-7-18)20-8-2-5-15/h9,12H,2-8,10,15H2,1H3,(H,16,17,19). The number of hydrogen-bond donors (Lipinski definition) is 2. The predicted molar refractivity (Wildman–Crippen MR) is 79.0 cm³/mol. The van der Waals surface area contributed by atoms with Crippen LogP contribution in [0.1, 0.15) is 25.0 Å². The number of aryl methyl sites for hydroxylation is 1. The van der Waals surface area contributed by atoms with Crippen molar-refractivity contribution in [1.29, 1.82) is 0 Å². The summed E-state index contributed by atoms with van der Waals surface area (Å²) < 4.78 is 10.7. The molecule has 2 heterocycles. The van der Waals surface area contributed by atoms with Gasteiger partial charge in [-0.25, -0.2) is 0 Å². The number of nitrogens with zero attached hydrogens (tertiary/aromatic N) is 2. The van der Waals surface area contributed by atoms with Gasteiger partial charge in [-0.05, 0) is 32.7 Å². The van der Waals surface area contributed by atoms with Crippen molar-refractivity contribution < 1.29 is 14.1 Å². The Balaban J connectivity index is 1.65. The first-order valence-corrected chi connectivity index (χ1v) is 7.44. The van der Waals surface area contributed by atoms with E-state index in [-0.39, 0.29) is 5.91 Å². The van der Waals surface area contributed by atoms with Crippen molar-refractivity contribution in [2.75, 3.05) is 38.1 Å². The van der Waals surface area contributed by atoms with E-state index < -0.39 is 0 Å². The van der Waals surface area contributed by atoms with Crippen molar-refractivity contribution in [3.8, 4) is 0 Å². The Morgan fingerprint density at radius 1 is 1.57 bits per heavy atom. The number of aromatic nitrogens is 1. The maximum atomic E-state index is 11.9. The van der Waals surface area contributed by atoms with Crippen molar-refractivity contribution >= 4 is 11.7 Å². The van der Waals surface area contributed by atoms with Crippen LogP contribution in [-0.4, -0.2) is 54.9 Å². The van der Waals surface area contributed by atoms with Gasteiger partial charge in [-0.2, -0.15) is 0 Å². The lowest BCUT2D eigenvalue weighted by atomic mass is 10.1. The van der Waals surface area contributed by atoms with Gasteiger partial charge in [0.1, 0.15) is 5.76 Å². The molecule has 0 radical (unpaired) electrons. The normalized spacial score (nSPS) is 17.0. The molecule has 1 aliphatic rings. The third-order valence-electron chi connectivity index (χ3n) is 3.50. The van der Waals surface area contributed by atoms with Crippen LogP contribution in [0.5, 0.6) is 0 Å². The SMILES string of the molecule is Cc1cc(NC(=O)CN2CCC(OCCCN)CC2)no1. The van der Waals surface area contributed by atoms with Crippen LogP contribution in [-0.2, 0) is 9.53 Å². The Kier molecular flexibility index (Phi) is 6.16. The summed E-state index contributed by atoms with van der Waals surface area (Å²) in [7, 11) is 0. The van der Waals surface area contributed by atoms with E-state index in [1.165, 1.54) is 0 Å². The summed E-state index contributed by atoms with van der Waals surface area (Å²) in [5.41, 5.74) is 5.44. The van der Waals surface area contributed by atoms with E-state index in [1.807, 2.05) is 0 Å². The second-order valence-corrected chi connectivity index (χ2v) is 5.36. The fourth-order valence-corrected chi connectivity index (χ4v) is 2.38. The molecule has 1 aromatic rings. The minimum Gasteiger partial charge on any atom is -0.378 e. The second-order valence-electron chi connectivity index (χ2n) is 5.36. The Labute approximate surface area is 124 Å². The number of anilines is 1. The molecule has 0 atom stereocenters. The Bertz CT molecular complexity index is 441. The Morgan fingerprint density at radius 3 is 2.95 bits per heavy atom. The Morgan fingerprint density at radius 2 is 2.33 bits per heavy atom. The molecule has 1 fully saturated rings. The summed E-state index contributed by atoms with van der Waals surface area (Å²) in [5, 5.41) is 6.48. The van der Waals surface area contributed by atoms with Crippen LogP contribution in [0.2, 0.25) is 0 Å². The molecule has 0 spiro atoms. The maximum Gasteiger partial charge on any atom is 0.239 e. The summed E-state index contributed by atoms with van der Waals surface area (Å²) in [6.45, 7) is 5.31. The topological polar surface area (TPSA) is 93.6 Å². The molecule has 0 bridgehead atoms. The highest BCUT2D eigenvalue weighted by Crippen LogP contribution is 2.14. The molecule has 1 aliphatic heterocycles. The molecule has 3 N–H and O–H groups in total. The first kappa shape index (κ1) is 15.9. The summed E-state index contributed by atoms with van der Waals surface area (Å²) in [4.78, 5) is 14.0. The van der Waals surface area contributed by atoms with Gasteiger partial charge in [0.25, 0.3) is 0 Å². The largest absolute Gasteiger partial charge is 0.378 e. The molecule has 0 aliphatic carbocycles. The maximum absolute atomic E-state index is 11.9. The highest BCUT2D eigenvalue weighted by molar-refractivity contribution is 5.91. The molecule has 2 rings (SSSR count). The fraction of sp³-hybridized carbons (Fsp3) is 0.714. The number of amides is 1. The molecule has 0 aromatic carbocycles. The van der Waals surface area contributed by atoms with Crippen LogP contribution < -0.4 is 11.1 Å². The van der Waals surface area contributed by atoms with Crippen molar-refractivity contribution in [3.63, 3.8) is 0 Å². The molecule has 118 valence electrons. The highest BCUT2D eigenvalue weighted by Gasteiger charge is 2.21. The predicted octanol–water partition coefficient (Wildman–Crippen LogP) is 0.751. The van der Waals surface area contributed by atoms with E-state index in [0.29, 0.717) is 30.8 Å². The molecule has 1 amide bonds. The van der Waals surface area contributed by atoms with Crippen LogP contribution in [0.15, 0.2) is 10.6 Å². The monoisotopic (exact) mass is 296 g/mol. The number of ether oxygens (including phenoxy) is 1. The third kappa shape index (κ3) is 5.45. The number of piperidine rings is 1. The summed E-state index contributed by atoms with van der Waals surface area (Å²) in [5.74, 6) is 1.09. The molecule has 1 aromatic heterocycles. The molecule has 1 saturated heterocycles. The van der Waals surface area contributed by atoms with E-state index in [4.69, 9.17) is 15.0 Å². The molecule has 7 nitrogen and oxygen atoms in total. The van der Waals surface area contributed by atoms with Crippen molar-refractivity contribution in [3.05, 3.63) is 11.8 Å². The molecule has 21 heavy (non-hydrogen) atoms. The zero-order valence-electron chi connectivity index (χ0n) is 12.5. The zero-order chi connectivity index (χ0) is 15.1. The van der Waals surface area contributed by atoms with Crippen LogP contribution in [0.3, 0.4) is 0 Å². The summed E-state index contributed by atoms with van der Waals surface area (Å²) >= 11 is 0. The number of nitrogens with one attached hydrogen (secondary N) is 1. The third-order valence-corrected chi connectivity index (χ3v) is 3.50. The van der Waals surface area contributed by atoms with Crippen molar-refractivity contribution in [2.45, 2.75) is 32.3 Å². The van der Waals surface area contributed by atoms with Crippen molar-refractivity contribution in [2.24, 2.45) is 5.73 Å². The van der Waals surface area contributed by atoms with Crippen molar-refractivity contribution in [1.82, 2.24) is 10.1 Å². The second kappa shape index (κ2) is 8.11. The van der Waals surface area contributed by atoms with Crippen LogP contribution in [0.25, 0.3) is 0 Å². The fourth-order valence-electron chi connectivity index (χ4n) is 2.38. The summed E-state index contributed by atoms with van der Waals surface area (Å²) in [6, 6.07) is 1.70. The first-order chi connectivity index (χ1) is 10.2. The number of hydrogen-bond acceptors (Lipinski definition) is 6. The molecular formula is C14H24N4O3. The lowest BCUT2D eigenvalue weighted by molar-refractivity contribution is -0.118. The molecular weight excluding hydrogens is 272 g/mol. The smallest absolute Gasteiger partial charge is 0.239 e. The number of carbonyl (C=O) groups is 1. The van der Waals surface area contributed by atoms with Gasteiger partial charge in [0, 0.05) is 25.8 Å². The van der Waals surface area contributed by atoms with Gasteiger partial charge < -0.3 is 20.3 Å². The van der Waals surface area contributed by atoms with Gasteiger partial charge >= 0.3 is 0 Å². The first-order valence-electron chi connectivity index (χ1n) is 7.44. The zero-order valence-corrected chi connectivity index (χ0v) is 12.5. The lowest BCUT2D eigenvalue weighted by Gasteiger charge is -2.31. The van der Waals surface area contributed by atoms with Gasteiger partial charge in [-0.3, -0.25) is 9.69 Å². The minimum atomic E-state index is -0.0641. The molecule has 0 saturated carbocycles. The van der Waals surface area contributed by atoms with E-state index >= 15 is 0 Å². The number of nitrogens with two attached hydrogens (primary N) is 1. The van der Waals surface area contributed by atoms with E-state index in [0.717, 1.165) is 39.0 Å². The minimum absolute atomic E-state index is 0.0641. The molecule has 0 unspecified atom stereocenters. The number of carbonyl (C=O) groups excluding carboxylic acids is 1. The van der Waals surface area contributed by atoms with Gasteiger partial charge in [-0.15, -0.1) is 0 Å². The number of likely N-dealkylation sites (tertiary alicyclic amines) is 1. The van der Waals surface area contributed by atoms with E-state index in [1.54, 1.807) is 13.0 Å². The quantitative estimate of drug-likeness (QED) is 0.721. The molecule has 7 heteroatoms. The lowest BCUT2D eigenvalue weighted by Crippen LogP contribution is -2.41. The van der Waals surface area contributed by atoms with Crippen LogP contribution in [0, 0.1) is 6.92 Å². The average Bonchev–Trinajstić information content (AvgIpc) is 2.86.